The molecule has 0 spiro atoms. The molecular weight excluding hydrogens is 314 g/mol. The lowest BCUT2D eigenvalue weighted by Gasteiger charge is -2.23. The van der Waals surface area contributed by atoms with E-state index >= 15 is 0 Å². The molecule has 7 nitrogen and oxygen atoms in total. The largest absolute Gasteiger partial charge is 0.550 e. The smallest absolute Gasteiger partial charge is 0.231 e. The lowest BCUT2D eigenvalue weighted by atomic mass is 9.96. The molecule has 0 bridgehead atoms. The molecule has 1 saturated heterocycles. The van der Waals surface area contributed by atoms with E-state index in [9.17, 15) is 14.7 Å². The summed E-state index contributed by atoms with van der Waals surface area (Å²) in [4.78, 5) is 23.2. The number of benzene rings is 1. The molecule has 0 unspecified atom stereocenters. The molecule has 130 valence electrons. The van der Waals surface area contributed by atoms with Crippen LogP contribution in [0.25, 0.3) is 0 Å². The van der Waals surface area contributed by atoms with E-state index in [1.54, 1.807) is 0 Å². The molecule has 1 N–H and O–H groups in total. The molecule has 2 heterocycles. The first-order valence-corrected chi connectivity index (χ1v) is 8.11. The van der Waals surface area contributed by atoms with Crippen molar-refractivity contribution in [1.29, 1.82) is 0 Å². The summed E-state index contributed by atoms with van der Waals surface area (Å²) in [5, 5.41) is 14.0. The fourth-order valence-electron chi connectivity index (χ4n) is 3.00. The first-order valence-electron chi connectivity index (χ1n) is 8.11. The average molecular weight is 334 g/mol. The second-order valence-corrected chi connectivity index (χ2v) is 5.97. The summed E-state index contributed by atoms with van der Waals surface area (Å²) in [6.45, 7) is 1.19. The van der Waals surface area contributed by atoms with E-state index < -0.39 is 18.0 Å². The summed E-state index contributed by atoms with van der Waals surface area (Å²) in [6.07, 6.45) is 1.56. The van der Waals surface area contributed by atoms with Crippen molar-refractivity contribution in [2.24, 2.45) is 5.92 Å². The van der Waals surface area contributed by atoms with Crippen molar-refractivity contribution in [1.82, 2.24) is 5.32 Å². The standard InChI is InChI=1S/C17H21NO6/c19-16(9-12(17(20)21)13-2-1-7-22-13)18-6-5-11-3-4-14-15(8-11)24-10-23-14/h3-4,8,12-13H,1-2,5-7,9-10H2,(H,18,19)(H,20,21)/p-1/t12-,13+/m0/s1. The average Bonchev–Trinajstić information content (AvgIpc) is 3.23. The minimum Gasteiger partial charge on any atom is -0.550 e. The zero-order valence-corrected chi connectivity index (χ0v) is 13.3. The van der Waals surface area contributed by atoms with Gasteiger partial charge in [-0.05, 0) is 37.0 Å². The number of carboxylic acids is 1. The quantitative estimate of drug-likeness (QED) is 0.754. The normalized spacial score (nSPS) is 19.9. The van der Waals surface area contributed by atoms with Crippen LogP contribution in [-0.2, 0) is 20.7 Å². The molecule has 2 aliphatic rings. The summed E-state index contributed by atoms with van der Waals surface area (Å²) >= 11 is 0. The number of carbonyl (C=O) groups is 2. The molecule has 0 radical (unpaired) electrons. The zero-order chi connectivity index (χ0) is 16.9. The van der Waals surface area contributed by atoms with Crippen LogP contribution in [0.5, 0.6) is 11.5 Å². The number of carbonyl (C=O) groups excluding carboxylic acids is 2. The third-order valence-electron chi connectivity index (χ3n) is 4.29. The molecule has 7 heteroatoms. The number of hydrogen-bond acceptors (Lipinski definition) is 6. The van der Waals surface area contributed by atoms with E-state index in [-0.39, 0.29) is 19.1 Å². The van der Waals surface area contributed by atoms with Gasteiger partial charge in [0.15, 0.2) is 11.5 Å². The number of rotatable bonds is 7. The van der Waals surface area contributed by atoms with Crippen molar-refractivity contribution in [3.63, 3.8) is 0 Å². The number of amides is 1. The summed E-state index contributed by atoms with van der Waals surface area (Å²) in [5.41, 5.74) is 1.01. The predicted molar refractivity (Wildman–Crippen MR) is 81.4 cm³/mol. The van der Waals surface area contributed by atoms with Crippen LogP contribution in [0.4, 0.5) is 0 Å². The number of aliphatic carboxylic acids is 1. The molecule has 24 heavy (non-hydrogen) atoms. The molecule has 1 aromatic carbocycles. The topological polar surface area (TPSA) is 96.9 Å². The summed E-state index contributed by atoms with van der Waals surface area (Å²) < 4.78 is 15.9. The zero-order valence-electron chi connectivity index (χ0n) is 13.3. The number of nitrogens with one attached hydrogen (secondary N) is 1. The Morgan fingerprint density at radius 2 is 2.12 bits per heavy atom. The summed E-state index contributed by atoms with van der Waals surface area (Å²) in [7, 11) is 0. The van der Waals surface area contributed by atoms with Gasteiger partial charge in [-0.15, -0.1) is 0 Å². The van der Waals surface area contributed by atoms with Gasteiger partial charge in [0.25, 0.3) is 0 Å². The Morgan fingerprint density at radius 1 is 1.29 bits per heavy atom. The molecule has 0 aliphatic carbocycles. The van der Waals surface area contributed by atoms with Gasteiger partial charge in [0, 0.05) is 31.5 Å². The van der Waals surface area contributed by atoms with E-state index in [1.807, 2.05) is 18.2 Å². The molecule has 1 amide bonds. The Labute approximate surface area is 139 Å². The van der Waals surface area contributed by atoms with Crippen molar-refractivity contribution in [2.45, 2.75) is 31.8 Å². The lowest BCUT2D eigenvalue weighted by Crippen LogP contribution is -2.42. The van der Waals surface area contributed by atoms with Gasteiger partial charge >= 0.3 is 0 Å². The molecule has 1 aromatic rings. The van der Waals surface area contributed by atoms with Crippen LogP contribution in [0, 0.1) is 5.92 Å². The highest BCUT2D eigenvalue weighted by Gasteiger charge is 2.28. The Kier molecular flexibility index (Phi) is 5.20. The maximum absolute atomic E-state index is 12.0. The fraction of sp³-hybridized carbons (Fsp3) is 0.529. The maximum atomic E-state index is 12.0. The van der Waals surface area contributed by atoms with Crippen LogP contribution < -0.4 is 19.9 Å². The van der Waals surface area contributed by atoms with Crippen molar-refractivity contribution in [3.8, 4) is 11.5 Å². The van der Waals surface area contributed by atoms with E-state index in [0.29, 0.717) is 31.7 Å². The van der Waals surface area contributed by atoms with Crippen LogP contribution in [0.15, 0.2) is 18.2 Å². The molecule has 0 saturated carbocycles. The minimum atomic E-state index is -1.23. The molecular formula is C17H20NO6-. The van der Waals surface area contributed by atoms with Crippen LogP contribution >= 0.6 is 0 Å². The number of hydrogen-bond donors (Lipinski definition) is 1. The Morgan fingerprint density at radius 3 is 2.88 bits per heavy atom. The van der Waals surface area contributed by atoms with E-state index in [0.717, 1.165) is 17.7 Å². The number of fused-ring (bicyclic) bond motifs is 1. The van der Waals surface area contributed by atoms with Crippen molar-refractivity contribution in [3.05, 3.63) is 23.8 Å². The van der Waals surface area contributed by atoms with Gasteiger partial charge in [0.2, 0.25) is 12.7 Å². The second kappa shape index (κ2) is 7.53. The third-order valence-corrected chi connectivity index (χ3v) is 4.29. The highest BCUT2D eigenvalue weighted by atomic mass is 16.7. The molecule has 1 fully saturated rings. The van der Waals surface area contributed by atoms with Crippen LogP contribution in [0.2, 0.25) is 0 Å². The monoisotopic (exact) mass is 334 g/mol. The first-order chi connectivity index (χ1) is 11.6. The van der Waals surface area contributed by atoms with Crippen LogP contribution in [-0.4, -0.2) is 37.9 Å². The lowest BCUT2D eigenvalue weighted by molar-refractivity contribution is -0.314. The van der Waals surface area contributed by atoms with Crippen molar-refractivity contribution < 1.29 is 28.9 Å². The van der Waals surface area contributed by atoms with Gasteiger partial charge < -0.3 is 29.4 Å². The Balaban J connectivity index is 1.45. The van der Waals surface area contributed by atoms with Gasteiger partial charge in [0.05, 0.1) is 6.10 Å². The number of ether oxygens (including phenoxy) is 3. The molecule has 2 atom stereocenters. The highest BCUT2D eigenvalue weighted by molar-refractivity contribution is 5.81. The molecule has 2 aliphatic heterocycles. The third kappa shape index (κ3) is 3.97. The highest BCUT2D eigenvalue weighted by Crippen LogP contribution is 2.32. The molecule has 3 rings (SSSR count). The SMILES string of the molecule is O=C(C[C@H](C(=O)[O-])[C@H]1CCCO1)NCCc1ccc2c(c1)OCO2. The van der Waals surface area contributed by atoms with Gasteiger partial charge in [-0.1, -0.05) is 6.07 Å². The summed E-state index contributed by atoms with van der Waals surface area (Å²) in [5.74, 6) is -1.00. The van der Waals surface area contributed by atoms with Crippen molar-refractivity contribution >= 4 is 11.9 Å². The van der Waals surface area contributed by atoms with Gasteiger partial charge in [0.1, 0.15) is 0 Å². The minimum absolute atomic E-state index is 0.117. The maximum Gasteiger partial charge on any atom is 0.231 e. The van der Waals surface area contributed by atoms with Crippen molar-refractivity contribution in [2.75, 3.05) is 19.9 Å². The van der Waals surface area contributed by atoms with E-state index in [2.05, 4.69) is 5.32 Å². The Hall–Kier alpha value is -2.28. The van der Waals surface area contributed by atoms with E-state index in [1.165, 1.54) is 0 Å². The second-order valence-electron chi connectivity index (χ2n) is 5.97. The van der Waals surface area contributed by atoms with Gasteiger partial charge in [-0.3, -0.25) is 4.79 Å². The van der Waals surface area contributed by atoms with Gasteiger partial charge in [-0.25, -0.2) is 0 Å². The predicted octanol–water partition coefficient (Wildman–Crippen LogP) is 0.00920. The van der Waals surface area contributed by atoms with Crippen LogP contribution in [0.3, 0.4) is 0 Å². The van der Waals surface area contributed by atoms with Gasteiger partial charge in [-0.2, -0.15) is 0 Å². The number of carboxylic acid groups (broad SMARTS) is 1. The van der Waals surface area contributed by atoms with Crippen LogP contribution in [0.1, 0.15) is 24.8 Å². The molecule has 0 aromatic heterocycles. The summed E-state index contributed by atoms with van der Waals surface area (Å²) in [6, 6.07) is 5.63. The first kappa shape index (κ1) is 16.6. The van der Waals surface area contributed by atoms with E-state index in [4.69, 9.17) is 14.2 Å². The Bertz CT molecular complexity index is 611. The fourth-order valence-corrected chi connectivity index (χ4v) is 3.00.